The fourth-order valence-electron chi connectivity index (χ4n) is 2.50. The molecule has 1 saturated heterocycles. The van der Waals surface area contributed by atoms with Crippen LogP contribution in [0.5, 0.6) is 5.75 Å². The molecule has 1 unspecified atom stereocenters. The molecule has 1 aliphatic rings. The number of ether oxygens (including phenoxy) is 1. The largest absolute Gasteiger partial charge is 0.497 e. The summed E-state index contributed by atoms with van der Waals surface area (Å²) < 4.78 is 18.9. The van der Waals surface area contributed by atoms with Gasteiger partial charge in [0.1, 0.15) is 11.6 Å². The number of methoxy groups -OCH3 is 1. The number of nitrogens with zero attached hydrogens (tertiary/aromatic N) is 1. The summed E-state index contributed by atoms with van der Waals surface area (Å²) in [6.45, 7) is 1.43. The normalized spacial score (nSPS) is 17.8. The standard InChI is InChI=1S/C14H19FN2O2.ClH/c1-16-9-10-4-3-7-17(10)14(18)12-6-5-11(19-2)8-13(12)15;/h5-6,8,10,16H,3-4,7,9H2,1-2H3;1H. The van der Waals surface area contributed by atoms with Crippen LogP contribution in [-0.2, 0) is 0 Å². The van der Waals surface area contributed by atoms with Crippen molar-refractivity contribution in [2.24, 2.45) is 0 Å². The molecule has 1 N–H and O–H groups in total. The maximum atomic E-state index is 13.9. The van der Waals surface area contributed by atoms with E-state index in [1.807, 2.05) is 7.05 Å². The number of benzene rings is 1. The third-order valence-electron chi connectivity index (χ3n) is 3.48. The van der Waals surface area contributed by atoms with Gasteiger partial charge in [0, 0.05) is 25.2 Å². The summed E-state index contributed by atoms with van der Waals surface area (Å²) in [6, 6.07) is 4.50. The van der Waals surface area contributed by atoms with Crippen LogP contribution in [0.2, 0.25) is 0 Å². The van der Waals surface area contributed by atoms with E-state index in [0.717, 1.165) is 19.4 Å². The summed E-state index contributed by atoms with van der Waals surface area (Å²) in [5.41, 5.74) is 0.115. The summed E-state index contributed by atoms with van der Waals surface area (Å²) in [5, 5.41) is 3.07. The van der Waals surface area contributed by atoms with E-state index in [4.69, 9.17) is 4.74 Å². The molecule has 6 heteroatoms. The molecule has 0 aliphatic carbocycles. The zero-order valence-corrected chi connectivity index (χ0v) is 12.5. The first-order valence-corrected chi connectivity index (χ1v) is 6.46. The zero-order valence-electron chi connectivity index (χ0n) is 11.7. The number of likely N-dealkylation sites (tertiary alicyclic amines) is 1. The van der Waals surface area contributed by atoms with Gasteiger partial charge in [-0.2, -0.15) is 0 Å². The number of likely N-dealkylation sites (N-methyl/N-ethyl adjacent to an activating group) is 1. The highest BCUT2D eigenvalue weighted by molar-refractivity contribution is 5.95. The van der Waals surface area contributed by atoms with Gasteiger partial charge in [0.05, 0.1) is 12.7 Å². The SMILES string of the molecule is CNCC1CCCN1C(=O)c1ccc(OC)cc1F.Cl. The molecule has 0 radical (unpaired) electrons. The molecular weight excluding hydrogens is 283 g/mol. The van der Waals surface area contributed by atoms with Crippen molar-refractivity contribution in [2.45, 2.75) is 18.9 Å². The quantitative estimate of drug-likeness (QED) is 0.926. The van der Waals surface area contributed by atoms with Gasteiger partial charge < -0.3 is 15.0 Å². The highest BCUT2D eigenvalue weighted by Gasteiger charge is 2.30. The maximum Gasteiger partial charge on any atom is 0.257 e. The van der Waals surface area contributed by atoms with E-state index in [-0.39, 0.29) is 29.9 Å². The molecule has 2 rings (SSSR count). The van der Waals surface area contributed by atoms with E-state index in [0.29, 0.717) is 12.3 Å². The van der Waals surface area contributed by atoms with Crippen LogP contribution in [0.4, 0.5) is 4.39 Å². The van der Waals surface area contributed by atoms with Crippen molar-refractivity contribution in [3.05, 3.63) is 29.6 Å². The van der Waals surface area contributed by atoms with Crippen molar-refractivity contribution in [2.75, 3.05) is 27.2 Å². The average Bonchev–Trinajstić information content (AvgIpc) is 2.86. The summed E-state index contributed by atoms with van der Waals surface area (Å²) >= 11 is 0. The number of carbonyl (C=O) groups excluding carboxylic acids is 1. The van der Waals surface area contributed by atoms with Crippen LogP contribution in [-0.4, -0.2) is 44.1 Å². The number of hydrogen-bond donors (Lipinski definition) is 1. The fourth-order valence-corrected chi connectivity index (χ4v) is 2.50. The van der Waals surface area contributed by atoms with Gasteiger partial charge in [-0.25, -0.2) is 4.39 Å². The van der Waals surface area contributed by atoms with Crippen LogP contribution in [0.3, 0.4) is 0 Å². The highest BCUT2D eigenvalue weighted by atomic mass is 35.5. The Morgan fingerprint density at radius 2 is 2.30 bits per heavy atom. The predicted octanol–water partition coefficient (Wildman–Crippen LogP) is 2.08. The number of amides is 1. The van der Waals surface area contributed by atoms with Crippen molar-refractivity contribution >= 4 is 18.3 Å². The van der Waals surface area contributed by atoms with Crippen LogP contribution >= 0.6 is 12.4 Å². The molecule has 1 amide bonds. The molecule has 1 atom stereocenters. The predicted molar refractivity (Wildman–Crippen MR) is 78.2 cm³/mol. The Morgan fingerprint density at radius 1 is 1.55 bits per heavy atom. The van der Waals surface area contributed by atoms with Gasteiger partial charge in [-0.05, 0) is 32.0 Å². The molecule has 1 fully saturated rings. The molecule has 20 heavy (non-hydrogen) atoms. The molecule has 1 aromatic carbocycles. The molecular formula is C14H20ClFN2O2. The Balaban J connectivity index is 0.00000200. The average molecular weight is 303 g/mol. The Labute approximate surface area is 124 Å². The van der Waals surface area contributed by atoms with Crippen molar-refractivity contribution in [1.82, 2.24) is 10.2 Å². The maximum absolute atomic E-state index is 13.9. The summed E-state index contributed by atoms with van der Waals surface area (Å²) in [5.74, 6) is -0.348. The van der Waals surface area contributed by atoms with Crippen LogP contribution in [0.15, 0.2) is 18.2 Å². The third-order valence-corrected chi connectivity index (χ3v) is 3.48. The minimum absolute atomic E-state index is 0. The molecule has 0 aromatic heterocycles. The molecule has 1 heterocycles. The molecule has 0 saturated carbocycles. The van der Waals surface area contributed by atoms with Crippen LogP contribution < -0.4 is 10.1 Å². The van der Waals surface area contributed by atoms with Gasteiger partial charge in [-0.15, -0.1) is 12.4 Å². The van der Waals surface area contributed by atoms with E-state index in [1.165, 1.54) is 19.2 Å². The topological polar surface area (TPSA) is 41.6 Å². The lowest BCUT2D eigenvalue weighted by atomic mass is 10.1. The molecule has 0 spiro atoms. The molecule has 0 bridgehead atoms. The Bertz CT molecular complexity index is 470. The second-order valence-corrected chi connectivity index (χ2v) is 4.70. The van der Waals surface area contributed by atoms with Gasteiger partial charge in [0.2, 0.25) is 0 Å². The van der Waals surface area contributed by atoms with Gasteiger partial charge >= 0.3 is 0 Å². The van der Waals surface area contributed by atoms with Crippen molar-refractivity contribution < 1.29 is 13.9 Å². The van der Waals surface area contributed by atoms with E-state index in [9.17, 15) is 9.18 Å². The Kier molecular flexibility index (Phi) is 6.23. The monoisotopic (exact) mass is 302 g/mol. The number of hydrogen-bond acceptors (Lipinski definition) is 3. The smallest absolute Gasteiger partial charge is 0.257 e. The second-order valence-electron chi connectivity index (χ2n) is 4.70. The number of halogens is 2. The van der Waals surface area contributed by atoms with Crippen LogP contribution in [0.1, 0.15) is 23.2 Å². The van der Waals surface area contributed by atoms with Crippen molar-refractivity contribution in [3.8, 4) is 5.75 Å². The number of carbonyl (C=O) groups is 1. The van der Waals surface area contributed by atoms with Gasteiger partial charge in [0.15, 0.2) is 0 Å². The third kappa shape index (κ3) is 3.41. The van der Waals surface area contributed by atoms with Gasteiger partial charge in [-0.3, -0.25) is 4.79 Å². The Hall–Kier alpha value is -1.33. The van der Waals surface area contributed by atoms with Crippen LogP contribution in [0.25, 0.3) is 0 Å². The summed E-state index contributed by atoms with van der Waals surface area (Å²) in [4.78, 5) is 14.1. The number of rotatable bonds is 4. The lowest BCUT2D eigenvalue weighted by Crippen LogP contribution is -2.41. The molecule has 4 nitrogen and oxygen atoms in total. The summed E-state index contributed by atoms with van der Waals surface area (Å²) in [6.07, 6.45) is 1.93. The molecule has 1 aliphatic heterocycles. The first-order chi connectivity index (χ1) is 9.17. The van der Waals surface area contributed by atoms with E-state index in [1.54, 1.807) is 11.0 Å². The minimum atomic E-state index is -0.528. The highest BCUT2D eigenvalue weighted by Crippen LogP contribution is 2.23. The van der Waals surface area contributed by atoms with Gasteiger partial charge in [-0.1, -0.05) is 0 Å². The first-order valence-electron chi connectivity index (χ1n) is 6.46. The van der Waals surface area contributed by atoms with E-state index < -0.39 is 5.82 Å². The van der Waals surface area contributed by atoms with E-state index >= 15 is 0 Å². The van der Waals surface area contributed by atoms with Crippen molar-refractivity contribution in [1.29, 1.82) is 0 Å². The van der Waals surface area contributed by atoms with E-state index in [2.05, 4.69) is 5.32 Å². The van der Waals surface area contributed by atoms with Gasteiger partial charge in [0.25, 0.3) is 5.91 Å². The fraction of sp³-hybridized carbons (Fsp3) is 0.500. The molecule has 112 valence electrons. The Morgan fingerprint density at radius 3 is 2.90 bits per heavy atom. The minimum Gasteiger partial charge on any atom is -0.497 e. The van der Waals surface area contributed by atoms with Crippen molar-refractivity contribution in [3.63, 3.8) is 0 Å². The second kappa shape index (κ2) is 7.45. The molecule has 1 aromatic rings. The van der Waals surface area contributed by atoms with Crippen LogP contribution in [0, 0.1) is 5.82 Å². The lowest BCUT2D eigenvalue weighted by molar-refractivity contribution is 0.0732. The number of nitrogens with one attached hydrogen (secondary N) is 1. The lowest BCUT2D eigenvalue weighted by Gasteiger charge is -2.24. The first kappa shape index (κ1) is 16.7. The zero-order chi connectivity index (χ0) is 13.8. The summed E-state index contributed by atoms with van der Waals surface area (Å²) in [7, 11) is 3.33.